The predicted molar refractivity (Wildman–Crippen MR) is 128 cm³/mol. The summed E-state index contributed by atoms with van der Waals surface area (Å²) in [5, 5.41) is 5.70. The predicted octanol–water partition coefficient (Wildman–Crippen LogP) is 3.83. The minimum atomic E-state index is -0.666. The fourth-order valence-electron chi connectivity index (χ4n) is 3.17. The molecule has 0 unspecified atom stereocenters. The Morgan fingerprint density at radius 1 is 1.00 bits per heavy atom. The average Bonchev–Trinajstić information content (AvgIpc) is 2.83. The van der Waals surface area contributed by atoms with Crippen LogP contribution in [-0.2, 0) is 4.79 Å². The van der Waals surface area contributed by atoms with E-state index < -0.39 is 11.9 Å². The van der Waals surface area contributed by atoms with Gasteiger partial charge in [-0.05, 0) is 36.4 Å². The Kier molecular flexibility index (Phi) is 6.70. The lowest BCUT2D eigenvalue weighted by Crippen LogP contribution is -2.35. The second-order valence-corrected chi connectivity index (χ2v) is 7.85. The highest BCUT2D eigenvalue weighted by molar-refractivity contribution is 7.99. The van der Waals surface area contributed by atoms with Crippen LogP contribution in [-0.4, -0.2) is 34.4 Å². The number of methoxy groups -OCH3 is 1. The van der Waals surface area contributed by atoms with Crippen LogP contribution < -0.4 is 20.9 Å². The van der Waals surface area contributed by atoms with Gasteiger partial charge in [0.2, 0.25) is 5.91 Å². The molecule has 0 aliphatic heterocycles. The summed E-state index contributed by atoms with van der Waals surface area (Å²) in [5.41, 5.74) is 1.43. The van der Waals surface area contributed by atoms with Crippen LogP contribution in [0.4, 0.5) is 10.5 Å². The van der Waals surface area contributed by atoms with E-state index in [0.29, 0.717) is 33.2 Å². The summed E-state index contributed by atoms with van der Waals surface area (Å²) in [4.78, 5) is 42.3. The Labute approximate surface area is 193 Å². The molecule has 0 aliphatic carbocycles. The summed E-state index contributed by atoms with van der Waals surface area (Å²) in [6.07, 6.45) is 0. The van der Waals surface area contributed by atoms with Crippen molar-refractivity contribution in [3.05, 3.63) is 89.2 Å². The zero-order valence-corrected chi connectivity index (χ0v) is 18.5. The maximum absolute atomic E-state index is 13.2. The number of thioether (sulfide) groups is 1. The number of nitrogens with one attached hydrogen (secondary N) is 2. The van der Waals surface area contributed by atoms with E-state index in [1.165, 1.54) is 11.7 Å². The van der Waals surface area contributed by atoms with Gasteiger partial charge in [0.05, 0.1) is 29.5 Å². The molecule has 3 aromatic carbocycles. The summed E-state index contributed by atoms with van der Waals surface area (Å²) in [7, 11) is 1.52. The van der Waals surface area contributed by atoms with Gasteiger partial charge in [-0.2, -0.15) is 0 Å². The molecule has 0 atom stereocenters. The molecule has 33 heavy (non-hydrogen) atoms. The Bertz CT molecular complexity index is 1370. The van der Waals surface area contributed by atoms with Crippen LogP contribution in [0.5, 0.6) is 5.75 Å². The average molecular weight is 461 g/mol. The molecule has 0 spiro atoms. The molecule has 2 N–H and O–H groups in total. The number of anilines is 1. The minimum Gasteiger partial charge on any atom is -0.497 e. The number of nitrogens with zero attached hydrogens (tertiary/aromatic N) is 2. The van der Waals surface area contributed by atoms with Gasteiger partial charge in [-0.1, -0.05) is 48.2 Å². The summed E-state index contributed by atoms with van der Waals surface area (Å²) in [5.74, 6) is -0.0540. The van der Waals surface area contributed by atoms with Gasteiger partial charge in [-0.15, -0.1) is 0 Å². The van der Waals surface area contributed by atoms with Crippen molar-refractivity contribution in [1.82, 2.24) is 14.9 Å². The quantitative estimate of drug-likeness (QED) is 0.335. The molecule has 3 amide bonds. The van der Waals surface area contributed by atoms with Crippen molar-refractivity contribution >= 4 is 40.3 Å². The number of urea groups is 1. The van der Waals surface area contributed by atoms with Crippen LogP contribution in [0.3, 0.4) is 0 Å². The van der Waals surface area contributed by atoms with E-state index in [0.717, 1.165) is 11.8 Å². The number of fused-ring (bicyclic) bond motifs is 1. The van der Waals surface area contributed by atoms with Crippen molar-refractivity contribution in [3.8, 4) is 11.4 Å². The van der Waals surface area contributed by atoms with E-state index in [1.807, 2.05) is 18.2 Å². The molecule has 0 bridgehead atoms. The standard InChI is InChI=1S/C24H20N4O4S/c1-32-18-11-7-8-16(14-18)25-23(31)27-21(29)15-33-24-26-20-13-6-5-12-19(20)22(30)28(24)17-9-3-2-4-10-17/h2-14H,15H2,1H3,(H2,25,27,29,31). The van der Waals surface area contributed by atoms with Crippen LogP contribution in [0.25, 0.3) is 16.6 Å². The Morgan fingerprint density at radius 3 is 2.55 bits per heavy atom. The van der Waals surface area contributed by atoms with E-state index in [2.05, 4.69) is 15.6 Å². The number of hydrogen-bond donors (Lipinski definition) is 2. The van der Waals surface area contributed by atoms with E-state index in [9.17, 15) is 14.4 Å². The summed E-state index contributed by atoms with van der Waals surface area (Å²) >= 11 is 1.07. The van der Waals surface area contributed by atoms with Gasteiger partial charge in [0.1, 0.15) is 5.75 Å². The Morgan fingerprint density at radius 2 is 1.76 bits per heavy atom. The van der Waals surface area contributed by atoms with Gasteiger partial charge in [0.25, 0.3) is 5.56 Å². The normalized spacial score (nSPS) is 10.6. The maximum atomic E-state index is 13.2. The van der Waals surface area contributed by atoms with Gasteiger partial charge in [-0.25, -0.2) is 9.78 Å². The Balaban J connectivity index is 1.51. The highest BCUT2D eigenvalue weighted by Crippen LogP contribution is 2.21. The first kappa shape index (κ1) is 22.1. The zero-order chi connectivity index (χ0) is 23.2. The minimum absolute atomic E-state index is 0.108. The number of carbonyl (C=O) groups is 2. The number of hydrogen-bond acceptors (Lipinski definition) is 6. The number of amides is 3. The van der Waals surface area contributed by atoms with Gasteiger partial charge < -0.3 is 10.1 Å². The van der Waals surface area contributed by atoms with Gasteiger partial charge >= 0.3 is 6.03 Å². The highest BCUT2D eigenvalue weighted by atomic mass is 32.2. The van der Waals surface area contributed by atoms with E-state index in [-0.39, 0.29) is 11.3 Å². The largest absolute Gasteiger partial charge is 0.497 e. The maximum Gasteiger partial charge on any atom is 0.325 e. The molecule has 0 saturated carbocycles. The molecule has 166 valence electrons. The van der Waals surface area contributed by atoms with Crippen molar-refractivity contribution in [2.24, 2.45) is 0 Å². The van der Waals surface area contributed by atoms with E-state index >= 15 is 0 Å². The lowest BCUT2D eigenvalue weighted by atomic mass is 10.2. The third-order valence-corrected chi connectivity index (χ3v) is 5.61. The molecule has 9 heteroatoms. The fourth-order valence-corrected chi connectivity index (χ4v) is 3.98. The SMILES string of the molecule is COc1cccc(NC(=O)NC(=O)CSc2nc3ccccc3c(=O)n2-c2ccccc2)c1. The summed E-state index contributed by atoms with van der Waals surface area (Å²) < 4.78 is 6.58. The van der Waals surface area contributed by atoms with Crippen LogP contribution in [0, 0.1) is 0 Å². The molecule has 0 saturated heterocycles. The lowest BCUT2D eigenvalue weighted by molar-refractivity contribution is -0.117. The second-order valence-electron chi connectivity index (χ2n) is 6.91. The molecule has 4 aromatic rings. The monoisotopic (exact) mass is 460 g/mol. The molecule has 4 rings (SSSR count). The Hall–Kier alpha value is -4.11. The molecular weight excluding hydrogens is 440 g/mol. The van der Waals surface area contributed by atoms with E-state index in [4.69, 9.17) is 4.74 Å². The smallest absolute Gasteiger partial charge is 0.325 e. The number of benzene rings is 3. The molecule has 0 aliphatic rings. The number of para-hydroxylation sites is 2. The number of ether oxygens (including phenoxy) is 1. The molecule has 1 heterocycles. The van der Waals surface area contributed by atoms with E-state index in [1.54, 1.807) is 60.7 Å². The molecule has 0 radical (unpaired) electrons. The first-order chi connectivity index (χ1) is 16.0. The van der Waals surface area contributed by atoms with Crippen molar-refractivity contribution in [2.45, 2.75) is 5.16 Å². The van der Waals surface area contributed by atoms with Crippen molar-refractivity contribution in [1.29, 1.82) is 0 Å². The lowest BCUT2D eigenvalue weighted by Gasteiger charge is -2.13. The van der Waals surface area contributed by atoms with Crippen molar-refractivity contribution < 1.29 is 14.3 Å². The molecule has 8 nitrogen and oxygen atoms in total. The number of rotatable bonds is 6. The highest BCUT2D eigenvalue weighted by Gasteiger charge is 2.16. The molecule has 0 fully saturated rings. The first-order valence-electron chi connectivity index (χ1n) is 10.00. The number of carbonyl (C=O) groups excluding carboxylic acids is 2. The zero-order valence-electron chi connectivity index (χ0n) is 17.6. The van der Waals surface area contributed by atoms with Crippen LogP contribution in [0.15, 0.2) is 88.8 Å². The summed E-state index contributed by atoms with van der Waals surface area (Å²) in [6.45, 7) is 0. The third kappa shape index (κ3) is 5.21. The molecular formula is C24H20N4O4S. The topological polar surface area (TPSA) is 102 Å². The van der Waals surface area contributed by atoms with Crippen molar-refractivity contribution in [3.63, 3.8) is 0 Å². The van der Waals surface area contributed by atoms with Gasteiger partial charge in [-0.3, -0.25) is 19.5 Å². The van der Waals surface area contributed by atoms with Crippen LogP contribution >= 0.6 is 11.8 Å². The number of aromatic nitrogens is 2. The third-order valence-electron chi connectivity index (χ3n) is 4.67. The fraction of sp³-hybridized carbons (Fsp3) is 0.0833. The van der Waals surface area contributed by atoms with Crippen LogP contribution in [0.1, 0.15) is 0 Å². The van der Waals surface area contributed by atoms with Crippen LogP contribution in [0.2, 0.25) is 0 Å². The van der Waals surface area contributed by atoms with Gasteiger partial charge in [0, 0.05) is 11.8 Å². The summed E-state index contributed by atoms with van der Waals surface area (Å²) in [6, 6.07) is 22.2. The molecule has 1 aromatic heterocycles. The van der Waals surface area contributed by atoms with Crippen molar-refractivity contribution in [2.75, 3.05) is 18.2 Å². The number of imide groups is 1. The second kappa shape index (κ2) is 10.0. The van der Waals surface area contributed by atoms with Gasteiger partial charge in [0.15, 0.2) is 5.16 Å². The first-order valence-corrected chi connectivity index (χ1v) is 11.0.